The van der Waals surface area contributed by atoms with Gasteiger partial charge in [-0.1, -0.05) is 65.3 Å². The Morgan fingerprint density at radius 2 is 1.63 bits per heavy atom. The van der Waals surface area contributed by atoms with Crippen LogP contribution in [0.15, 0.2) is 71.5 Å². The fourth-order valence-corrected chi connectivity index (χ4v) is 5.26. The van der Waals surface area contributed by atoms with E-state index in [4.69, 9.17) is 20.8 Å². The molecule has 2 amide bonds. The third-order valence-electron chi connectivity index (χ3n) is 7.52. The highest BCUT2D eigenvalue weighted by Crippen LogP contribution is 2.40. The van der Waals surface area contributed by atoms with E-state index < -0.39 is 0 Å². The van der Waals surface area contributed by atoms with E-state index in [1.54, 1.807) is 24.3 Å². The number of carbonyl (C=O) groups is 2. The number of oxazole rings is 1. The number of hydrogen-bond donors (Lipinski definition) is 3. The molecular formula is C37H42ClN3O5. The monoisotopic (exact) mass is 643 g/mol. The fourth-order valence-electron chi connectivity index (χ4n) is 5.01. The number of ether oxygens (including phenoxy) is 1. The van der Waals surface area contributed by atoms with Crippen LogP contribution in [-0.4, -0.2) is 35.6 Å². The number of phenolic OH excluding ortho intramolecular Hbond substituents is 1. The molecule has 1 aromatic heterocycles. The van der Waals surface area contributed by atoms with E-state index in [0.29, 0.717) is 46.5 Å². The first-order valence-electron chi connectivity index (χ1n) is 15.2. The lowest BCUT2D eigenvalue weighted by Crippen LogP contribution is -2.25. The molecule has 0 bridgehead atoms. The third-order valence-corrected chi connectivity index (χ3v) is 7.82. The molecule has 3 N–H and O–H groups in total. The van der Waals surface area contributed by atoms with Crippen molar-refractivity contribution in [2.75, 3.05) is 19.0 Å². The average Bonchev–Trinajstić information content (AvgIpc) is 3.48. The van der Waals surface area contributed by atoms with E-state index in [0.717, 1.165) is 28.7 Å². The van der Waals surface area contributed by atoms with Gasteiger partial charge in [0, 0.05) is 35.0 Å². The maximum Gasteiger partial charge on any atom is 0.273 e. The molecule has 9 heteroatoms. The highest BCUT2D eigenvalue weighted by Gasteiger charge is 2.26. The number of nitrogens with zero attached hydrogens (tertiary/aromatic N) is 1. The third kappa shape index (κ3) is 8.57. The first-order chi connectivity index (χ1) is 21.7. The normalized spacial score (nSPS) is 11.9. The number of hydrogen-bond acceptors (Lipinski definition) is 6. The maximum atomic E-state index is 12.8. The number of nitrogens with one attached hydrogen (secondary N) is 2. The molecule has 0 radical (unpaired) electrons. The summed E-state index contributed by atoms with van der Waals surface area (Å²) in [7, 11) is 1.53. The van der Waals surface area contributed by atoms with Crippen molar-refractivity contribution in [2.24, 2.45) is 0 Å². The van der Waals surface area contributed by atoms with Crippen molar-refractivity contribution < 1.29 is 23.8 Å². The quantitative estimate of drug-likeness (QED) is 0.118. The molecule has 242 valence electrons. The van der Waals surface area contributed by atoms with Crippen LogP contribution in [0.1, 0.15) is 80.7 Å². The molecule has 0 aliphatic rings. The van der Waals surface area contributed by atoms with Gasteiger partial charge in [-0.3, -0.25) is 9.59 Å². The van der Waals surface area contributed by atoms with Crippen molar-refractivity contribution in [3.8, 4) is 22.8 Å². The SMILES string of the molecule is COc1ccc(-c2ocnc2C(=O)NCCCc2ccc(NC(=O)/C=C/c3cc(C(C)(C)C)c(O)c(C(C)(C)C)c3)cc2)cc1Cl. The van der Waals surface area contributed by atoms with Crippen LogP contribution in [0, 0.1) is 0 Å². The smallest absolute Gasteiger partial charge is 0.273 e. The minimum absolute atomic E-state index is 0.185. The Balaban J connectivity index is 1.29. The van der Waals surface area contributed by atoms with Crippen molar-refractivity contribution in [3.05, 3.63) is 100 Å². The Bertz CT molecular complexity index is 1690. The van der Waals surface area contributed by atoms with Gasteiger partial charge in [-0.15, -0.1) is 0 Å². The molecule has 0 saturated carbocycles. The van der Waals surface area contributed by atoms with Gasteiger partial charge in [-0.25, -0.2) is 4.98 Å². The van der Waals surface area contributed by atoms with E-state index >= 15 is 0 Å². The van der Waals surface area contributed by atoms with Gasteiger partial charge in [0.2, 0.25) is 5.91 Å². The zero-order chi connectivity index (χ0) is 33.6. The second-order valence-corrected chi connectivity index (χ2v) is 13.6. The molecule has 0 aliphatic heterocycles. The van der Waals surface area contributed by atoms with E-state index in [1.165, 1.54) is 19.6 Å². The second kappa shape index (κ2) is 14.3. The van der Waals surface area contributed by atoms with Crippen LogP contribution in [0.25, 0.3) is 17.4 Å². The lowest BCUT2D eigenvalue weighted by molar-refractivity contribution is -0.111. The Morgan fingerprint density at radius 1 is 0.978 bits per heavy atom. The first kappa shape index (κ1) is 34.3. The van der Waals surface area contributed by atoms with Gasteiger partial charge >= 0.3 is 0 Å². The summed E-state index contributed by atoms with van der Waals surface area (Å²) < 4.78 is 10.7. The number of phenols is 1. The minimum atomic E-state index is -0.335. The van der Waals surface area contributed by atoms with E-state index in [2.05, 4.69) is 57.2 Å². The van der Waals surface area contributed by atoms with Gasteiger partial charge in [-0.2, -0.15) is 0 Å². The highest BCUT2D eigenvalue weighted by molar-refractivity contribution is 6.32. The van der Waals surface area contributed by atoms with E-state index in [-0.39, 0.29) is 28.3 Å². The molecule has 4 rings (SSSR count). The minimum Gasteiger partial charge on any atom is -0.507 e. The Labute approximate surface area is 275 Å². The number of methoxy groups -OCH3 is 1. The number of halogens is 1. The number of rotatable bonds is 10. The zero-order valence-corrected chi connectivity index (χ0v) is 28.2. The van der Waals surface area contributed by atoms with Crippen molar-refractivity contribution in [2.45, 2.75) is 65.2 Å². The van der Waals surface area contributed by atoms with Crippen molar-refractivity contribution in [1.29, 1.82) is 0 Å². The molecule has 8 nitrogen and oxygen atoms in total. The zero-order valence-electron chi connectivity index (χ0n) is 27.5. The molecule has 0 atom stereocenters. The summed E-state index contributed by atoms with van der Waals surface area (Å²) in [5.74, 6) is 0.587. The van der Waals surface area contributed by atoms with Crippen molar-refractivity contribution >= 4 is 35.2 Å². The van der Waals surface area contributed by atoms with Crippen LogP contribution in [0.4, 0.5) is 5.69 Å². The van der Waals surface area contributed by atoms with Gasteiger partial charge in [0.05, 0.1) is 12.1 Å². The molecule has 4 aromatic rings. The molecule has 0 unspecified atom stereocenters. The van der Waals surface area contributed by atoms with Crippen LogP contribution >= 0.6 is 11.6 Å². The van der Waals surface area contributed by atoms with Gasteiger partial charge in [0.15, 0.2) is 17.8 Å². The number of carbonyl (C=O) groups excluding carboxylic acids is 2. The summed E-state index contributed by atoms with van der Waals surface area (Å²) in [6, 6.07) is 16.6. The summed E-state index contributed by atoms with van der Waals surface area (Å²) in [5, 5.41) is 17.2. The number of aromatic hydroxyl groups is 1. The summed E-state index contributed by atoms with van der Waals surface area (Å²) in [6.45, 7) is 12.8. The van der Waals surface area contributed by atoms with Gasteiger partial charge < -0.3 is 24.9 Å². The highest BCUT2D eigenvalue weighted by atomic mass is 35.5. The predicted octanol–water partition coefficient (Wildman–Crippen LogP) is 8.32. The van der Waals surface area contributed by atoms with Crippen molar-refractivity contribution in [3.63, 3.8) is 0 Å². The number of anilines is 1. The van der Waals surface area contributed by atoms with Crippen LogP contribution in [0.5, 0.6) is 11.5 Å². The largest absolute Gasteiger partial charge is 0.507 e. The molecule has 0 aliphatic carbocycles. The van der Waals surface area contributed by atoms with Crippen LogP contribution in [0.3, 0.4) is 0 Å². The topological polar surface area (TPSA) is 114 Å². The van der Waals surface area contributed by atoms with E-state index in [9.17, 15) is 14.7 Å². The molecule has 46 heavy (non-hydrogen) atoms. The van der Waals surface area contributed by atoms with Gasteiger partial charge in [0.1, 0.15) is 11.5 Å². The van der Waals surface area contributed by atoms with Crippen LogP contribution < -0.4 is 15.4 Å². The summed E-state index contributed by atoms with van der Waals surface area (Å²) in [4.78, 5) is 29.6. The Kier molecular flexibility index (Phi) is 10.6. The maximum absolute atomic E-state index is 12.8. The van der Waals surface area contributed by atoms with Gasteiger partial charge in [0.25, 0.3) is 5.91 Å². The number of benzene rings is 3. The Morgan fingerprint density at radius 3 is 2.22 bits per heavy atom. The number of aromatic nitrogens is 1. The number of amides is 2. The second-order valence-electron chi connectivity index (χ2n) is 13.2. The predicted molar refractivity (Wildman–Crippen MR) is 184 cm³/mol. The van der Waals surface area contributed by atoms with Crippen LogP contribution in [-0.2, 0) is 22.0 Å². The fraction of sp³-hybridized carbons (Fsp3) is 0.324. The lowest BCUT2D eigenvalue weighted by atomic mass is 9.78. The molecule has 0 fully saturated rings. The summed E-state index contributed by atoms with van der Waals surface area (Å²) >= 11 is 6.23. The summed E-state index contributed by atoms with van der Waals surface area (Å²) in [6.07, 6.45) is 5.96. The standard InChI is InChI=1S/C37H42ClN3O5/c1-36(2,3)27-19-24(20-28(33(27)43)37(4,5)6)12-17-31(42)41-26-14-10-23(11-15-26)9-8-18-39-35(44)32-34(46-22-40-32)25-13-16-30(45-7)29(38)21-25/h10-17,19-22,43H,8-9,18H2,1-7H3,(H,39,44)(H,41,42)/b17-12+. The molecule has 1 heterocycles. The number of aryl methyl sites for hydroxylation is 1. The Hall–Kier alpha value is -4.56. The molecule has 3 aromatic carbocycles. The van der Waals surface area contributed by atoms with Crippen molar-refractivity contribution in [1.82, 2.24) is 10.3 Å². The van der Waals surface area contributed by atoms with Gasteiger partial charge in [-0.05, 0) is 83.3 Å². The van der Waals surface area contributed by atoms with E-state index in [1.807, 2.05) is 36.4 Å². The lowest BCUT2D eigenvalue weighted by Gasteiger charge is -2.27. The molecular weight excluding hydrogens is 602 g/mol. The van der Waals surface area contributed by atoms with Crippen LogP contribution in [0.2, 0.25) is 5.02 Å². The first-order valence-corrected chi connectivity index (χ1v) is 15.6. The summed E-state index contributed by atoms with van der Waals surface area (Å²) in [5.41, 5.74) is 4.61. The molecule has 0 saturated heterocycles. The molecule has 0 spiro atoms. The average molecular weight is 644 g/mol.